The standard InChI is InChI=1S/C27H29BrClN3O5S/c1-4-37-25-8-6-5-7-24(25)32(38(35,36)23-15-13-22(29)14-16-23)18-26(33)31(19(2)27(34)30-3)17-20-9-11-21(28)12-10-20/h5-16,19H,4,17-18H2,1-3H3,(H,30,34). The second-order valence-electron chi connectivity index (χ2n) is 8.30. The maximum Gasteiger partial charge on any atom is 0.264 e. The fraction of sp³-hybridized carbons (Fsp3) is 0.259. The number of para-hydroxylation sites is 2. The largest absolute Gasteiger partial charge is 0.492 e. The molecule has 3 rings (SSSR count). The number of hydrogen-bond acceptors (Lipinski definition) is 5. The fourth-order valence-corrected chi connectivity index (χ4v) is 5.58. The highest BCUT2D eigenvalue weighted by Gasteiger charge is 2.33. The van der Waals surface area contributed by atoms with Gasteiger partial charge < -0.3 is 15.0 Å². The summed E-state index contributed by atoms with van der Waals surface area (Å²) in [4.78, 5) is 27.7. The second-order valence-corrected chi connectivity index (χ2v) is 11.5. The van der Waals surface area contributed by atoms with E-state index in [1.807, 2.05) is 24.3 Å². The summed E-state index contributed by atoms with van der Waals surface area (Å²) in [6.07, 6.45) is 0. The molecule has 0 spiro atoms. The van der Waals surface area contributed by atoms with E-state index in [2.05, 4.69) is 21.2 Å². The number of nitrogens with one attached hydrogen (secondary N) is 1. The van der Waals surface area contributed by atoms with Crippen LogP contribution >= 0.6 is 27.5 Å². The molecule has 0 fully saturated rings. The number of hydrogen-bond donors (Lipinski definition) is 1. The van der Waals surface area contributed by atoms with Crippen LogP contribution in [0, 0.1) is 0 Å². The van der Waals surface area contributed by atoms with Crippen molar-refractivity contribution in [2.75, 3.05) is 24.5 Å². The molecule has 0 saturated heterocycles. The highest BCUT2D eigenvalue weighted by Crippen LogP contribution is 2.33. The van der Waals surface area contributed by atoms with Gasteiger partial charge in [-0.1, -0.05) is 51.8 Å². The van der Waals surface area contributed by atoms with Gasteiger partial charge in [0, 0.05) is 23.1 Å². The molecule has 0 aliphatic heterocycles. The minimum atomic E-state index is -4.23. The van der Waals surface area contributed by atoms with Crippen LogP contribution in [-0.2, 0) is 26.2 Å². The molecule has 3 aromatic rings. The highest BCUT2D eigenvalue weighted by molar-refractivity contribution is 9.10. The molecule has 0 aromatic heterocycles. The fourth-order valence-electron chi connectivity index (χ4n) is 3.77. The normalized spacial score (nSPS) is 11.9. The van der Waals surface area contributed by atoms with Gasteiger partial charge >= 0.3 is 0 Å². The molecule has 38 heavy (non-hydrogen) atoms. The van der Waals surface area contributed by atoms with Gasteiger partial charge in [-0.3, -0.25) is 13.9 Å². The van der Waals surface area contributed by atoms with E-state index in [-0.39, 0.29) is 23.0 Å². The third-order valence-corrected chi connectivity index (χ3v) is 8.35. The average Bonchev–Trinajstić information content (AvgIpc) is 2.91. The molecule has 1 atom stereocenters. The number of nitrogens with zero attached hydrogens (tertiary/aromatic N) is 2. The first-order valence-corrected chi connectivity index (χ1v) is 14.4. The summed E-state index contributed by atoms with van der Waals surface area (Å²) in [5.41, 5.74) is 0.980. The predicted octanol–water partition coefficient (Wildman–Crippen LogP) is 4.86. The first kappa shape index (κ1) is 29.5. The van der Waals surface area contributed by atoms with Crippen molar-refractivity contribution in [1.29, 1.82) is 0 Å². The summed E-state index contributed by atoms with van der Waals surface area (Å²) in [7, 11) is -2.75. The quantitative estimate of drug-likeness (QED) is 0.330. The van der Waals surface area contributed by atoms with Gasteiger partial charge in [0.2, 0.25) is 11.8 Å². The number of rotatable bonds is 11. The summed E-state index contributed by atoms with van der Waals surface area (Å²) >= 11 is 9.38. The van der Waals surface area contributed by atoms with Gasteiger partial charge in [-0.15, -0.1) is 0 Å². The maximum atomic E-state index is 13.9. The molecule has 0 aliphatic carbocycles. The van der Waals surface area contributed by atoms with Crippen molar-refractivity contribution in [2.24, 2.45) is 0 Å². The van der Waals surface area contributed by atoms with Crippen LogP contribution < -0.4 is 14.4 Å². The van der Waals surface area contributed by atoms with Crippen LogP contribution in [0.2, 0.25) is 5.02 Å². The maximum absolute atomic E-state index is 13.9. The van der Waals surface area contributed by atoms with Crippen LogP contribution in [-0.4, -0.2) is 51.4 Å². The molecule has 0 heterocycles. The lowest BCUT2D eigenvalue weighted by molar-refractivity contribution is -0.139. The number of ether oxygens (including phenoxy) is 1. The summed E-state index contributed by atoms with van der Waals surface area (Å²) in [6.45, 7) is 3.21. The Labute approximate surface area is 236 Å². The van der Waals surface area contributed by atoms with Crippen molar-refractivity contribution in [1.82, 2.24) is 10.2 Å². The number of carbonyl (C=O) groups is 2. The Morgan fingerprint density at radius 1 is 1.03 bits per heavy atom. The van der Waals surface area contributed by atoms with Crippen LogP contribution in [0.3, 0.4) is 0 Å². The zero-order valence-corrected chi connectivity index (χ0v) is 24.4. The second kappa shape index (κ2) is 13.1. The minimum absolute atomic E-state index is 0.0418. The summed E-state index contributed by atoms with van der Waals surface area (Å²) in [6, 6.07) is 18.8. The SMILES string of the molecule is CCOc1ccccc1N(CC(=O)N(Cc1ccc(Br)cc1)C(C)C(=O)NC)S(=O)(=O)c1ccc(Cl)cc1. The molecule has 3 aromatic carbocycles. The Bertz CT molecular complexity index is 1370. The summed E-state index contributed by atoms with van der Waals surface area (Å²) < 4.78 is 35.3. The number of carbonyl (C=O) groups excluding carboxylic acids is 2. The molecule has 0 aliphatic rings. The summed E-state index contributed by atoms with van der Waals surface area (Å²) in [5.74, 6) is -0.635. The first-order valence-electron chi connectivity index (χ1n) is 11.8. The van der Waals surface area contributed by atoms with Gasteiger partial charge in [-0.25, -0.2) is 8.42 Å². The van der Waals surface area contributed by atoms with Crippen molar-refractivity contribution in [3.05, 3.63) is 87.9 Å². The lowest BCUT2D eigenvalue weighted by Gasteiger charge is -2.32. The van der Waals surface area contributed by atoms with Gasteiger partial charge in [-0.05, 0) is 67.9 Å². The van der Waals surface area contributed by atoms with Gasteiger partial charge in [0.25, 0.3) is 10.0 Å². The van der Waals surface area contributed by atoms with Crippen molar-refractivity contribution in [2.45, 2.75) is 31.3 Å². The molecule has 1 unspecified atom stereocenters. The van der Waals surface area contributed by atoms with Crippen LogP contribution in [0.1, 0.15) is 19.4 Å². The van der Waals surface area contributed by atoms with E-state index >= 15 is 0 Å². The minimum Gasteiger partial charge on any atom is -0.492 e. The zero-order valence-electron chi connectivity index (χ0n) is 21.2. The van der Waals surface area contributed by atoms with Crippen LogP contribution in [0.15, 0.2) is 82.2 Å². The van der Waals surface area contributed by atoms with Crippen molar-refractivity contribution < 1.29 is 22.7 Å². The molecule has 8 nitrogen and oxygen atoms in total. The van der Waals surface area contributed by atoms with Crippen LogP contribution in [0.25, 0.3) is 0 Å². The van der Waals surface area contributed by atoms with E-state index in [1.165, 1.54) is 36.2 Å². The van der Waals surface area contributed by atoms with Crippen molar-refractivity contribution >= 4 is 55.1 Å². The third kappa shape index (κ3) is 7.06. The molecule has 0 bridgehead atoms. The van der Waals surface area contributed by atoms with E-state index in [0.29, 0.717) is 17.4 Å². The highest BCUT2D eigenvalue weighted by atomic mass is 79.9. The van der Waals surface area contributed by atoms with Crippen molar-refractivity contribution in [3.8, 4) is 5.75 Å². The lowest BCUT2D eigenvalue weighted by Crippen LogP contribution is -2.50. The monoisotopic (exact) mass is 621 g/mol. The predicted molar refractivity (Wildman–Crippen MR) is 152 cm³/mol. The molecule has 0 radical (unpaired) electrons. The molecule has 202 valence electrons. The van der Waals surface area contributed by atoms with Gasteiger partial charge in [0.15, 0.2) is 0 Å². The molecular formula is C27H29BrClN3O5S. The molecule has 0 saturated carbocycles. The number of sulfonamides is 1. The average molecular weight is 623 g/mol. The van der Waals surface area contributed by atoms with E-state index in [9.17, 15) is 18.0 Å². The Morgan fingerprint density at radius 2 is 1.66 bits per heavy atom. The lowest BCUT2D eigenvalue weighted by atomic mass is 10.1. The van der Waals surface area contributed by atoms with Crippen LogP contribution in [0.5, 0.6) is 5.75 Å². The molecule has 11 heteroatoms. The number of amides is 2. The van der Waals surface area contributed by atoms with Gasteiger partial charge in [0.1, 0.15) is 18.3 Å². The number of likely N-dealkylation sites (N-methyl/N-ethyl adjacent to an activating group) is 1. The van der Waals surface area contributed by atoms with Gasteiger partial charge in [-0.2, -0.15) is 0 Å². The topological polar surface area (TPSA) is 96.0 Å². The Kier molecular flexibility index (Phi) is 10.2. The first-order chi connectivity index (χ1) is 18.1. The molecular weight excluding hydrogens is 594 g/mol. The van der Waals surface area contributed by atoms with Crippen molar-refractivity contribution in [3.63, 3.8) is 0 Å². The molecule has 1 N–H and O–H groups in total. The summed E-state index contributed by atoms with van der Waals surface area (Å²) in [5, 5.41) is 2.94. The zero-order chi connectivity index (χ0) is 27.9. The number of anilines is 1. The third-order valence-electron chi connectivity index (χ3n) is 5.79. The van der Waals surface area contributed by atoms with E-state index in [4.69, 9.17) is 16.3 Å². The number of halogens is 2. The van der Waals surface area contributed by atoms with E-state index < -0.39 is 28.5 Å². The van der Waals surface area contributed by atoms with Crippen LogP contribution in [0.4, 0.5) is 5.69 Å². The van der Waals surface area contributed by atoms with E-state index in [1.54, 1.807) is 38.1 Å². The number of benzene rings is 3. The smallest absolute Gasteiger partial charge is 0.264 e. The van der Waals surface area contributed by atoms with E-state index in [0.717, 1.165) is 14.3 Å². The Hall–Kier alpha value is -3.08. The Balaban J connectivity index is 2.08. The van der Waals surface area contributed by atoms with Gasteiger partial charge in [0.05, 0.1) is 17.2 Å². The molecule has 2 amide bonds. The Morgan fingerprint density at radius 3 is 2.26 bits per heavy atom.